The average molecular weight is 299 g/mol. The number of benzene rings is 1. The van der Waals surface area contributed by atoms with Gasteiger partial charge in [0.1, 0.15) is 5.82 Å². The second kappa shape index (κ2) is 5.11. The molecule has 0 radical (unpaired) electrons. The summed E-state index contributed by atoms with van der Waals surface area (Å²) < 4.78 is 13.9. The molecule has 0 fully saturated rings. The van der Waals surface area contributed by atoms with Gasteiger partial charge in [0.2, 0.25) is 0 Å². The van der Waals surface area contributed by atoms with E-state index < -0.39 is 0 Å². The van der Waals surface area contributed by atoms with Crippen molar-refractivity contribution < 1.29 is 4.39 Å². The van der Waals surface area contributed by atoms with Gasteiger partial charge in [-0.05, 0) is 30.4 Å². The minimum atomic E-state index is -0.0964. The van der Waals surface area contributed by atoms with Crippen LogP contribution < -0.4 is 0 Å². The first-order valence-electron chi connectivity index (χ1n) is 5.10. The SMILES string of the molecule is Cc1cccc(C(Br)Cc2cccs2)c1F. The van der Waals surface area contributed by atoms with Crippen molar-refractivity contribution in [2.24, 2.45) is 0 Å². The molecule has 16 heavy (non-hydrogen) atoms. The fourth-order valence-electron chi connectivity index (χ4n) is 1.63. The van der Waals surface area contributed by atoms with Crippen molar-refractivity contribution in [2.75, 3.05) is 0 Å². The molecule has 1 unspecified atom stereocenters. The van der Waals surface area contributed by atoms with E-state index in [4.69, 9.17) is 0 Å². The van der Waals surface area contributed by atoms with Crippen molar-refractivity contribution in [1.82, 2.24) is 0 Å². The Kier molecular flexibility index (Phi) is 3.77. The summed E-state index contributed by atoms with van der Waals surface area (Å²) >= 11 is 5.26. The Balaban J connectivity index is 2.21. The third-order valence-electron chi connectivity index (χ3n) is 2.52. The van der Waals surface area contributed by atoms with Crippen LogP contribution in [0.1, 0.15) is 20.8 Å². The molecule has 1 atom stereocenters. The zero-order valence-corrected chi connectivity index (χ0v) is 11.3. The summed E-state index contributed by atoms with van der Waals surface area (Å²) in [6.45, 7) is 1.80. The molecular weight excluding hydrogens is 287 g/mol. The van der Waals surface area contributed by atoms with Gasteiger partial charge < -0.3 is 0 Å². The van der Waals surface area contributed by atoms with Gasteiger partial charge in [0, 0.05) is 15.3 Å². The largest absolute Gasteiger partial charge is 0.206 e. The van der Waals surface area contributed by atoms with E-state index in [1.807, 2.05) is 23.6 Å². The first kappa shape index (κ1) is 11.8. The lowest BCUT2D eigenvalue weighted by molar-refractivity contribution is 0.599. The molecule has 1 aromatic heterocycles. The molecule has 0 amide bonds. The quantitative estimate of drug-likeness (QED) is 0.709. The van der Waals surface area contributed by atoms with Crippen LogP contribution in [-0.2, 0) is 6.42 Å². The minimum absolute atomic E-state index is 0.0473. The van der Waals surface area contributed by atoms with Crippen LogP contribution in [0.4, 0.5) is 4.39 Å². The molecule has 2 aromatic rings. The number of thiophene rings is 1. The van der Waals surface area contributed by atoms with Gasteiger partial charge in [-0.2, -0.15) is 0 Å². The molecule has 3 heteroatoms. The molecule has 0 saturated carbocycles. The number of hydrogen-bond donors (Lipinski definition) is 0. The predicted molar refractivity (Wildman–Crippen MR) is 70.8 cm³/mol. The second-order valence-corrected chi connectivity index (χ2v) is 5.87. The Labute approximate surface area is 107 Å². The van der Waals surface area contributed by atoms with Gasteiger partial charge >= 0.3 is 0 Å². The standard InChI is InChI=1S/C13H12BrFS/c1-9-4-2-6-11(13(9)15)12(14)8-10-5-3-7-16-10/h2-7,12H,8H2,1H3. The molecule has 0 spiro atoms. The van der Waals surface area contributed by atoms with Gasteiger partial charge in [-0.25, -0.2) is 4.39 Å². The Morgan fingerprint density at radius 3 is 2.81 bits per heavy atom. The minimum Gasteiger partial charge on any atom is -0.206 e. The fourth-order valence-corrected chi connectivity index (χ4v) is 3.30. The van der Waals surface area contributed by atoms with Crippen molar-refractivity contribution >= 4 is 27.3 Å². The second-order valence-electron chi connectivity index (χ2n) is 3.73. The summed E-state index contributed by atoms with van der Waals surface area (Å²) in [6, 6.07) is 9.63. The summed E-state index contributed by atoms with van der Waals surface area (Å²) in [4.78, 5) is 1.31. The zero-order chi connectivity index (χ0) is 11.5. The highest BCUT2D eigenvalue weighted by Crippen LogP contribution is 2.31. The number of rotatable bonds is 3. The van der Waals surface area contributed by atoms with E-state index in [0.717, 1.165) is 12.0 Å². The lowest BCUT2D eigenvalue weighted by Gasteiger charge is -2.11. The highest BCUT2D eigenvalue weighted by molar-refractivity contribution is 9.09. The average Bonchev–Trinajstić information content (AvgIpc) is 2.74. The molecule has 2 rings (SSSR count). The van der Waals surface area contributed by atoms with E-state index in [1.54, 1.807) is 24.3 Å². The van der Waals surface area contributed by atoms with Crippen LogP contribution in [0.15, 0.2) is 35.7 Å². The van der Waals surface area contributed by atoms with Crippen molar-refractivity contribution in [2.45, 2.75) is 18.2 Å². The van der Waals surface area contributed by atoms with E-state index in [-0.39, 0.29) is 10.6 Å². The van der Waals surface area contributed by atoms with E-state index >= 15 is 0 Å². The van der Waals surface area contributed by atoms with Crippen LogP contribution in [0, 0.1) is 12.7 Å². The Morgan fingerprint density at radius 2 is 2.12 bits per heavy atom. The van der Waals surface area contributed by atoms with Crippen molar-refractivity contribution in [3.05, 3.63) is 57.5 Å². The summed E-state index contributed by atoms with van der Waals surface area (Å²) in [7, 11) is 0. The summed E-state index contributed by atoms with van der Waals surface area (Å²) in [5.74, 6) is -0.0964. The molecule has 0 aliphatic heterocycles. The van der Waals surface area contributed by atoms with E-state index in [0.29, 0.717) is 5.56 Å². The van der Waals surface area contributed by atoms with Gasteiger partial charge in [0.05, 0.1) is 0 Å². The van der Waals surface area contributed by atoms with Gasteiger partial charge in [-0.3, -0.25) is 0 Å². The molecule has 0 aliphatic carbocycles. The number of hydrogen-bond acceptors (Lipinski definition) is 1. The predicted octanol–water partition coefficient (Wildman–Crippen LogP) is 4.87. The van der Waals surface area contributed by atoms with Crippen LogP contribution >= 0.6 is 27.3 Å². The van der Waals surface area contributed by atoms with E-state index in [9.17, 15) is 4.39 Å². The zero-order valence-electron chi connectivity index (χ0n) is 8.91. The van der Waals surface area contributed by atoms with Crippen LogP contribution in [-0.4, -0.2) is 0 Å². The number of alkyl halides is 1. The topological polar surface area (TPSA) is 0 Å². The maximum atomic E-state index is 13.9. The molecule has 0 nitrogen and oxygen atoms in total. The van der Waals surface area contributed by atoms with E-state index in [1.165, 1.54) is 4.88 Å². The van der Waals surface area contributed by atoms with Gasteiger partial charge in [0.25, 0.3) is 0 Å². The maximum Gasteiger partial charge on any atom is 0.130 e. The summed E-state index contributed by atoms with van der Waals surface area (Å²) in [5, 5.41) is 2.04. The third kappa shape index (κ3) is 2.53. The Bertz CT molecular complexity index is 465. The van der Waals surface area contributed by atoms with Gasteiger partial charge in [-0.1, -0.05) is 40.2 Å². The lowest BCUT2D eigenvalue weighted by Crippen LogP contribution is -1.98. The molecule has 0 N–H and O–H groups in total. The molecule has 1 heterocycles. The van der Waals surface area contributed by atoms with Crippen LogP contribution in [0.3, 0.4) is 0 Å². The summed E-state index contributed by atoms with van der Waals surface area (Å²) in [6.07, 6.45) is 0.831. The van der Waals surface area contributed by atoms with E-state index in [2.05, 4.69) is 22.0 Å². The molecule has 1 aromatic carbocycles. The van der Waals surface area contributed by atoms with Gasteiger partial charge in [-0.15, -0.1) is 11.3 Å². The highest BCUT2D eigenvalue weighted by Gasteiger charge is 2.14. The monoisotopic (exact) mass is 298 g/mol. The highest BCUT2D eigenvalue weighted by atomic mass is 79.9. The lowest BCUT2D eigenvalue weighted by atomic mass is 10.1. The number of halogens is 2. The Hall–Kier alpha value is -0.670. The summed E-state index contributed by atoms with van der Waals surface area (Å²) in [5.41, 5.74) is 1.45. The number of aryl methyl sites for hydroxylation is 1. The van der Waals surface area contributed by atoms with Gasteiger partial charge in [0.15, 0.2) is 0 Å². The third-order valence-corrected chi connectivity index (χ3v) is 4.24. The van der Waals surface area contributed by atoms with Crippen LogP contribution in [0.2, 0.25) is 0 Å². The molecule has 0 aliphatic rings. The van der Waals surface area contributed by atoms with Crippen LogP contribution in [0.5, 0.6) is 0 Å². The van der Waals surface area contributed by atoms with Crippen LogP contribution in [0.25, 0.3) is 0 Å². The van der Waals surface area contributed by atoms with Crippen molar-refractivity contribution in [3.63, 3.8) is 0 Å². The molecular formula is C13H12BrFS. The first-order chi connectivity index (χ1) is 7.68. The maximum absolute atomic E-state index is 13.9. The fraction of sp³-hybridized carbons (Fsp3) is 0.231. The molecule has 0 saturated heterocycles. The first-order valence-corrected chi connectivity index (χ1v) is 6.89. The smallest absolute Gasteiger partial charge is 0.130 e. The Morgan fingerprint density at radius 1 is 1.31 bits per heavy atom. The molecule has 84 valence electrons. The normalized spacial score (nSPS) is 12.7. The van der Waals surface area contributed by atoms with Crippen molar-refractivity contribution in [3.8, 4) is 0 Å². The molecule has 0 bridgehead atoms. The van der Waals surface area contributed by atoms with Crippen molar-refractivity contribution in [1.29, 1.82) is 0 Å².